The predicted octanol–water partition coefficient (Wildman–Crippen LogP) is 3.86. The molecule has 1 aliphatic heterocycles. The van der Waals surface area contributed by atoms with Gasteiger partial charge in [0, 0.05) is 23.5 Å². The lowest BCUT2D eigenvalue weighted by molar-refractivity contribution is -0.127. The average Bonchev–Trinajstić information content (AvgIpc) is 2.61. The summed E-state index contributed by atoms with van der Waals surface area (Å²) in [5.41, 5.74) is 1.06. The van der Waals surface area contributed by atoms with Gasteiger partial charge in [-0.15, -0.1) is 11.8 Å². The molecule has 0 saturated carbocycles. The zero-order valence-corrected chi connectivity index (χ0v) is 14.9. The van der Waals surface area contributed by atoms with E-state index < -0.39 is 0 Å². The standard InChI is InChI=1S/C18H18ClNO3S/c1-20(11-13-2-4-14(19)5-3-13)18(21)12-24-15-6-7-16-17(10-15)23-9-8-22-16/h2-7,10H,8-9,11-12H2,1H3. The van der Waals surface area contributed by atoms with E-state index in [1.54, 1.807) is 11.9 Å². The molecule has 1 heterocycles. The number of halogens is 1. The normalized spacial score (nSPS) is 12.8. The van der Waals surface area contributed by atoms with E-state index in [1.807, 2.05) is 42.5 Å². The number of hydrogen-bond donors (Lipinski definition) is 0. The Morgan fingerprint density at radius 2 is 1.83 bits per heavy atom. The molecule has 0 bridgehead atoms. The van der Waals surface area contributed by atoms with E-state index in [9.17, 15) is 4.79 Å². The molecule has 6 heteroatoms. The zero-order chi connectivity index (χ0) is 16.9. The first-order chi connectivity index (χ1) is 11.6. The molecule has 0 radical (unpaired) electrons. The summed E-state index contributed by atoms with van der Waals surface area (Å²) in [5, 5.41) is 0.696. The molecule has 0 aliphatic carbocycles. The Morgan fingerprint density at radius 3 is 2.58 bits per heavy atom. The smallest absolute Gasteiger partial charge is 0.232 e. The molecule has 0 spiro atoms. The number of rotatable bonds is 5. The van der Waals surface area contributed by atoms with E-state index in [0.29, 0.717) is 30.5 Å². The zero-order valence-electron chi connectivity index (χ0n) is 13.3. The molecule has 24 heavy (non-hydrogen) atoms. The summed E-state index contributed by atoms with van der Waals surface area (Å²) < 4.78 is 11.1. The van der Waals surface area contributed by atoms with Crippen LogP contribution in [0.3, 0.4) is 0 Å². The molecule has 1 aliphatic rings. The van der Waals surface area contributed by atoms with Gasteiger partial charge in [-0.1, -0.05) is 23.7 Å². The van der Waals surface area contributed by atoms with E-state index in [4.69, 9.17) is 21.1 Å². The van der Waals surface area contributed by atoms with Crippen LogP contribution in [0.2, 0.25) is 5.02 Å². The van der Waals surface area contributed by atoms with Crippen molar-refractivity contribution in [3.8, 4) is 11.5 Å². The summed E-state index contributed by atoms with van der Waals surface area (Å²) in [5.74, 6) is 1.96. The molecule has 0 saturated heterocycles. The Kier molecular flexibility index (Phi) is 5.53. The van der Waals surface area contributed by atoms with Crippen molar-refractivity contribution in [2.24, 2.45) is 0 Å². The molecular weight excluding hydrogens is 346 g/mol. The average molecular weight is 364 g/mol. The van der Waals surface area contributed by atoms with Gasteiger partial charge in [-0.05, 0) is 35.9 Å². The Hall–Kier alpha value is -1.85. The minimum atomic E-state index is 0.0739. The maximum Gasteiger partial charge on any atom is 0.232 e. The van der Waals surface area contributed by atoms with Gasteiger partial charge >= 0.3 is 0 Å². The van der Waals surface area contributed by atoms with Crippen molar-refractivity contribution < 1.29 is 14.3 Å². The monoisotopic (exact) mass is 363 g/mol. The molecule has 4 nitrogen and oxygen atoms in total. The minimum absolute atomic E-state index is 0.0739. The van der Waals surface area contributed by atoms with Crippen LogP contribution in [0.1, 0.15) is 5.56 Å². The second kappa shape index (κ2) is 7.81. The SMILES string of the molecule is CN(Cc1ccc(Cl)cc1)C(=O)CSc1ccc2c(c1)OCCO2. The fourth-order valence-corrected chi connectivity index (χ4v) is 3.31. The first kappa shape index (κ1) is 17.0. The molecule has 1 amide bonds. The molecule has 2 aromatic rings. The Bertz CT molecular complexity index is 721. The molecule has 0 unspecified atom stereocenters. The van der Waals surface area contributed by atoms with Gasteiger partial charge in [0.15, 0.2) is 11.5 Å². The summed E-state index contributed by atoms with van der Waals surface area (Å²) in [4.78, 5) is 15.0. The van der Waals surface area contributed by atoms with Gasteiger partial charge in [-0.3, -0.25) is 4.79 Å². The Balaban J connectivity index is 1.54. The maximum atomic E-state index is 12.3. The maximum absolute atomic E-state index is 12.3. The highest BCUT2D eigenvalue weighted by Crippen LogP contribution is 2.34. The molecule has 0 fully saturated rings. The van der Waals surface area contributed by atoms with Crippen molar-refractivity contribution >= 4 is 29.3 Å². The van der Waals surface area contributed by atoms with Crippen LogP contribution in [0.4, 0.5) is 0 Å². The van der Waals surface area contributed by atoms with Gasteiger partial charge in [-0.25, -0.2) is 0 Å². The number of ether oxygens (including phenoxy) is 2. The third-order valence-electron chi connectivity index (χ3n) is 3.63. The van der Waals surface area contributed by atoms with Crippen LogP contribution in [0, 0.1) is 0 Å². The van der Waals surface area contributed by atoms with E-state index in [2.05, 4.69) is 0 Å². The number of hydrogen-bond acceptors (Lipinski definition) is 4. The van der Waals surface area contributed by atoms with Crippen LogP contribution >= 0.6 is 23.4 Å². The number of benzene rings is 2. The minimum Gasteiger partial charge on any atom is -0.486 e. The number of amides is 1. The second-order valence-electron chi connectivity index (χ2n) is 5.47. The lowest BCUT2D eigenvalue weighted by Crippen LogP contribution is -2.27. The highest BCUT2D eigenvalue weighted by Gasteiger charge is 2.14. The summed E-state index contributed by atoms with van der Waals surface area (Å²) in [6, 6.07) is 13.3. The highest BCUT2D eigenvalue weighted by atomic mass is 35.5. The quantitative estimate of drug-likeness (QED) is 0.756. The summed E-state index contributed by atoms with van der Waals surface area (Å²) in [6.45, 7) is 1.70. The van der Waals surface area contributed by atoms with Crippen molar-refractivity contribution in [2.75, 3.05) is 26.0 Å². The summed E-state index contributed by atoms with van der Waals surface area (Å²) in [6.07, 6.45) is 0. The lowest BCUT2D eigenvalue weighted by atomic mass is 10.2. The third kappa shape index (κ3) is 4.36. The molecule has 126 valence electrons. The Morgan fingerprint density at radius 1 is 1.12 bits per heavy atom. The highest BCUT2D eigenvalue weighted by molar-refractivity contribution is 8.00. The second-order valence-corrected chi connectivity index (χ2v) is 6.96. The van der Waals surface area contributed by atoms with Gasteiger partial charge in [-0.2, -0.15) is 0 Å². The molecule has 0 aromatic heterocycles. The van der Waals surface area contributed by atoms with Crippen LogP contribution in [0.25, 0.3) is 0 Å². The van der Waals surface area contributed by atoms with Gasteiger partial charge < -0.3 is 14.4 Å². The van der Waals surface area contributed by atoms with Crippen molar-refractivity contribution in [1.29, 1.82) is 0 Å². The topological polar surface area (TPSA) is 38.8 Å². The van der Waals surface area contributed by atoms with Crippen molar-refractivity contribution in [1.82, 2.24) is 4.90 Å². The van der Waals surface area contributed by atoms with Crippen molar-refractivity contribution in [3.05, 3.63) is 53.1 Å². The van der Waals surface area contributed by atoms with Crippen LogP contribution < -0.4 is 9.47 Å². The van der Waals surface area contributed by atoms with Crippen LogP contribution in [0.5, 0.6) is 11.5 Å². The summed E-state index contributed by atoms with van der Waals surface area (Å²) >= 11 is 7.37. The number of nitrogens with zero attached hydrogens (tertiary/aromatic N) is 1. The van der Waals surface area contributed by atoms with Crippen molar-refractivity contribution in [2.45, 2.75) is 11.4 Å². The molecule has 0 atom stereocenters. The van der Waals surface area contributed by atoms with Gasteiger partial charge in [0.05, 0.1) is 5.75 Å². The van der Waals surface area contributed by atoms with Crippen LogP contribution in [0.15, 0.2) is 47.4 Å². The Labute approximate surface area is 150 Å². The number of thioether (sulfide) groups is 1. The molecule has 3 rings (SSSR count). The van der Waals surface area contributed by atoms with Gasteiger partial charge in [0.2, 0.25) is 5.91 Å². The predicted molar refractivity (Wildman–Crippen MR) is 96.1 cm³/mol. The van der Waals surface area contributed by atoms with Crippen molar-refractivity contribution in [3.63, 3.8) is 0 Å². The molecular formula is C18H18ClNO3S. The number of carbonyl (C=O) groups is 1. The van der Waals surface area contributed by atoms with E-state index >= 15 is 0 Å². The van der Waals surface area contributed by atoms with Crippen LogP contribution in [-0.2, 0) is 11.3 Å². The lowest BCUT2D eigenvalue weighted by Gasteiger charge is -2.19. The fraction of sp³-hybridized carbons (Fsp3) is 0.278. The molecule has 2 aromatic carbocycles. The number of carbonyl (C=O) groups excluding carboxylic acids is 1. The van der Waals surface area contributed by atoms with Gasteiger partial charge in [0.25, 0.3) is 0 Å². The largest absolute Gasteiger partial charge is 0.486 e. The first-order valence-corrected chi connectivity index (χ1v) is 8.99. The van der Waals surface area contributed by atoms with E-state index in [-0.39, 0.29) is 5.91 Å². The number of fused-ring (bicyclic) bond motifs is 1. The summed E-state index contributed by atoms with van der Waals surface area (Å²) in [7, 11) is 1.81. The first-order valence-electron chi connectivity index (χ1n) is 7.63. The van der Waals surface area contributed by atoms with Crippen LogP contribution in [-0.4, -0.2) is 36.8 Å². The third-order valence-corrected chi connectivity index (χ3v) is 4.87. The van der Waals surface area contributed by atoms with E-state index in [0.717, 1.165) is 22.0 Å². The molecule has 0 N–H and O–H groups in total. The fourth-order valence-electron chi connectivity index (χ4n) is 2.32. The van der Waals surface area contributed by atoms with Gasteiger partial charge in [0.1, 0.15) is 13.2 Å². The van der Waals surface area contributed by atoms with E-state index in [1.165, 1.54) is 11.8 Å².